The van der Waals surface area contributed by atoms with Crippen LogP contribution >= 0.6 is 11.3 Å². The Kier molecular flexibility index (Phi) is 7.04. The van der Waals surface area contributed by atoms with Crippen molar-refractivity contribution in [3.05, 3.63) is 57.8 Å². The summed E-state index contributed by atoms with van der Waals surface area (Å²) in [4.78, 5) is 29.0. The zero-order valence-corrected chi connectivity index (χ0v) is 16.8. The first-order valence-corrected chi connectivity index (χ1v) is 10.6. The Morgan fingerprint density at radius 3 is 2.48 bits per heavy atom. The number of nitrogens with one attached hydrogen (secondary N) is 1. The molecule has 1 fully saturated rings. The highest BCUT2D eigenvalue weighted by Crippen LogP contribution is 2.19. The summed E-state index contributed by atoms with van der Waals surface area (Å²) in [6.07, 6.45) is 6.45. The van der Waals surface area contributed by atoms with Gasteiger partial charge in [0.15, 0.2) is 0 Å². The molecule has 144 valence electrons. The van der Waals surface area contributed by atoms with Gasteiger partial charge >= 0.3 is 0 Å². The molecule has 1 saturated carbocycles. The number of aryl methyl sites for hydroxylation is 1. The lowest BCUT2D eigenvalue weighted by molar-refractivity contribution is -0.122. The van der Waals surface area contributed by atoms with E-state index in [1.54, 1.807) is 4.90 Å². The van der Waals surface area contributed by atoms with Gasteiger partial charge in [0.05, 0.1) is 11.4 Å². The third-order valence-corrected chi connectivity index (χ3v) is 6.05. The molecule has 5 heteroatoms. The maximum Gasteiger partial charge on any atom is 0.264 e. The average Bonchev–Trinajstić information content (AvgIpc) is 3.12. The van der Waals surface area contributed by atoms with E-state index in [1.165, 1.54) is 36.2 Å². The van der Waals surface area contributed by atoms with Gasteiger partial charge < -0.3 is 10.2 Å². The molecule has 4 nitrogen and oxygen atoms in total. The number of hydrogen-bond donors (Lipinski definition) is 1. The second kappa shape index (κ2) is 9.70. The summed E-state index contributed by atoms with van der Waals surface area (Å²) in [5, 5.41) is 3.13. The smallest absolute Gasteiger partial charge is 0.264 e. The van der Waals surface area contributed by atoms with Crippen LogP contribution in [-0.2, 0) is 11.2 Å². The van der Waals surface area contributed by atoms with E-state index < -0.39 is 0 Å². The molecule has 0 unspecified atom stereocenters. The molecule has 0 atom stereocenters. The zero-order chi connectivity index (χ0) is 19.1. The fraction of sp³-hybridized carbons (Fsp3) is 0.455. The predicted octanol–water partition coefficient (Wildman–Crippen LogP) is 4.19. The summed E-state index contributed by atoms with van der Waals surface area (Å²) in [5.74, 6) is -0.0978. The number of hydrogen-bond acceptors (Lipinski definition) is 3. The van der Waals surface area contributed by atoms with E-state index in [2.05, 4.69) is 17.4 Å². The van der Waals surface area contributed by atoms with Crippen LogP contribution in [0.2, 0.25) is 0 Å². The molecule has 1 heterocycles. The molecule has 0 aliphatic heterocycles. The Morgan fingerprint density at radius 2 is 1.81 bits per heavy atom. The Hall–Kier alpha value is -2.14. The summed E-state index contributed by atoms with van der Waals surface area (Å²) < 4.78 is 0. The SMILES string of the molecule is Cc1ccc(C(=O)N(CCc2ccccc2)CC(=O)NC2CCCCC2)s1. The molecule has 0 radical (unpaired) electrons. The Balaban J connectivity index is 1.64. The lowest BCUT2D eigenvalue weighted by Gasteiger charge is -2.26. The van der Waals surface area contributed by atoms with E-state index in [1.807, 2.05) is 37.3 Å². The highest BCUT2D eigenvalue weighted by Gasteiger charge is 2.22. The monoisotopic (exact) mass is 384 g/mol. The zero-order valence-electron chi connectivity index (χ0n) is 15.9. The topological polar surface area (TPSA) is 49.4 Å². The summed E-state index contributed by atoms with van der Waals surface area (Å²) in [5.41, 5.74) is 1.17. The Labute approximate surface area is 165 Å². The van der Waals surface area contributed by atoms with Crippen LogP contribution in [0.5, 0.6) is 0 Å². The maximum absolute atomic E-state index is 13.0. The molecule has 1 aromatic heterocycles. The first-order valence-electron chi connectivity index (χ1n) is 9.81. The minimum absolute atomic E-state index is 0.0448. The van der Waals surface area contributed by atoms with E-state index in [4.69, 9.17) is 0 Å². The molecule has 0 spiro atoms. The van der Waals surface area contributed by atoms with Gasteiger partial charge in [-0.25, -0.2) is 0 Å². The molecular formula is C22H28N2O2S. The number of benzene rings is 1. The Bertz CT molecular complexity index is 751. The van der Waals surface area contributed by atoms with E-state index in [0.717, 1.165) is 24.1 Å². The lowest BCUT2D eigenvalue weighted by Crippen LogP contribution is -2.45. The predicted molar refractivity (Wildman–Crippen MR) is 110 cm³/mol. The normalized spacial score (nSPS) is 14.7. The van der Waals surface area contributed by atoms with Crippen LogP contribution in [0.15, 0.2) is 42.5 Å². The van der Waals surface area contributed by atoms with Gasteiger partial charge in [0.2, 0.25) is 5.91 Å². The van der Waals surface area contributed by atoms with Gasteiger partial charge in [-0.1, -0.05) is 49.6 Å². The van der Waals surface area contributed by atoms with E-state index in [-0.39, 0.29) is 24.4 Å². The van der Waals surface area contributed by atoms with Crippen molar-refractivity contribution in [1.29, 1.82) is 0 Å². The van der Waals surface area contributed by atoms with Crippen molar-refractivity contribution < 1.29 is 9.59 Å². The molecule has 27 heavy (non-hydrogen) atoms. The fourth-order valence-corrected chi connectivity index (χ4v) is 4.40. The summed E-state index contributed by atoms with van der Waals surface area (Å²) in [7, 11) is 0. The van der Waals surface area contributed by atoms with Crippen LogP contribution in [0.3, 0.4) is 0 Å². The summed E-state index contributed by atoms with van der Waals surface area (Å²) in [6.45, 7) is 2.66. The van der Waals surface area contributed by atoms with Gasteiger partial charge in [-0.3, -0.25) is 9.59 Å². The number of carbonyl (C=O) groups excluding carboxylic acids is 2. The van der Waals surface area contributed by atoms with Crippen molar-refractivity contribution in [1.82, 2.24) is 10.2 Å². The van der Waals surface area contributed by atoms with E-state index in [0.29, 0.717) is 11.4 Å². The van der Waals surface area contributed by atoms with Crippen molar-refractivity contribution in [3.8, 4) is 0 Å². The van der Waals surface area contributed by atoms with Gasteiger partial charge in [0.1, 0.15) is 0 Å². The Morgan fingerprint density at radius 1 is 1.07 bits per heavy atom. The molecule has 3 rings (SSSR count). The third kappa shape index (κ3) is 5.93. The van der Waals surface area contributed by atoms with Crippen molar-refractivity contribution in [3.63, 3.8) is 0 Å². The van der Waals surface area contributed by atoms with Crippen LogP contribution in [0.1, 0.15) is 52.2 Å². The maximum atomic E-state index is 13.0. The number of carbonyl (C=O) groups is 2. The molecule has 0 bridgehead atoms. The van der Waals surface area contributed by atoms with Crippen LogP contribution < -0.4 is 5.32 Å². The van der Waals surface area contributed by atoms with Gasteiger partial charge in [0.25, 0.3) is 5.91 Å². The minimum Gasteiger partial charge on any atom is -0.352 e. The fourth-order valence-electron chi connectivity index (χ4n) is 3.56. The highest BCUT2D eigenvalue weighted by atomic mass is 32.1. The van der Waals surface area contributed by atoms with Crippen LogP contribution in [0.25, 0.3) is 0 Å². The number of nitrogens with zero attached hydrogens (tertiary/aromatic N) is 1. The summed E-state index contributed by atoms with van der Waals surface area (Å²) in [6, 6.07) is 14.2. The van der Waals surface area contributed by atoms with Crippen molar-refractivity contribution in [2.75, 3.05) is 13.1 Å². The first kappa shape index (κ1) is 19.6. The third-order valence-electron chi connectivity index (χ3n) is 5.06. The standard InChI is InChI=1S/C22H28N2O2S/c1-17-12-13-20(27-17)22(26)24(15-14-18-8-4-2-5-9-18)16-21(25)23-19-10-6-3-7-11-19/h2,4-5,8-9,12-13,19H,3,6-7,10-11,14-16H2,1H3,(H,23,25). The molecule has 1 aliphatic rings. The van der Waals surface area contributed by atoms with E-state index >= 15 is 0 Å². The van der Waals surface area contributed by atoms with Crippen molar-refractivity contribution in [2.45, 2.75) is 51.5 Å². The number of thiophene rings is 1. The highest BCUT2D eigenvalue weighted by molar-refractivity contribution is 7.13. The molecular weight excluding hydrogens is 356 g/mol. The average molecular weight is 385 g/mol. The second-order valence-corrected chi connectivity index (χ2v) is 8.56. The lowest BCUT2D eigenvalue weighted by atomic mass is 9.95. The molecule has 2 amide bonds. The minimum atomic E-state index is -0.0529. The van der Waals surface area contributed by atoms with Gasteiger partial charge in [-0.05, 0) is 43.9 Å². The first-order chi connectivity index (χ1) is 13.1. The molecule has 1 aromatic carbocycles. The van der Waals surface area contributed by atoms with E-state index in [9.17, 15) is 9.59 Å². The second-order valence-electron chi connectivity index (χ2n) is 7.28. The van der Waals surface area contributed by atoms with Crippen molar-refractivity contribution in [2.24, 2.45) is 0 Å². The van der Waals surface area contributed by atoms with Gasteiger partial charge in [-0.2, -0.15) is 0 Å². The van der Waals surface area contributed by atoms with Gasteiger partial charge in [-0.15, -0.1) is 11.3 Å². The number of amides is 2. The van der Waals surface area contributed by atoms with Crippen LogP contribution in [0, 0.1) is 6.92 Å². The van der Waals surface area contributed by atoms with Crippen LogP contribution in [-0.4, -0.2) is 35.8 Å². The molecule has 1 aliphatic carbocycles. The largest absolute Gasteiger partial charge is 0.352 e. The quantitative estimate of drug-likeness (QED) is 0.778. The molecule has 2 aromatic rings. The molecule has 0 saturated heterocycles. The van der Waals surface area contributed by atoms with Gasteiger partial charge in [0, 0.05) is 17.5 Å². The van der Waals surface area contributed by atoms with Crippen molar-refractivity contribution >= 4 is 23.2 Å². The molecule has 1 N–H and O–H groups in total. The number of rotatable bonds is 7. The van der Waals surface area contributed by atoms with Crippen LogP contribution in [0.4, 0.5) is 0 Å². The summed E-state index contributed by atoms with van der Waals surface area (Å²) >= 11 is 1.49.